The number of hydrogen-bond donors (Lipinski definition) is 2. The van der Waals surface area contributed by atoms with Gasteiger partial charge >= 0.3 is 0 Å². The maximum atomic E-state index is 5.77. The lowest BCUT2D eigenvalue weighted by Crippen LogP contribution is -2.11. The lowest BCUT2D eigenvalue weighted by molar-refractivity contribution is 0.334. The Morgan fingerprint density at radius 2 is 1.65 bits per heavy atom. The van der Waals surface area contributed by atoms with Gasteiger partial charge in [0.05, 0.1) is 5.69 Å². The Balaban J connectivity index is 1.76. The van der Waals surface area contributed by atoms with Gasteiger partial charge in [-0.1, -0.05) is 30.3 Å². The van der Waals surface area contributed by atoms with Crippen LogP contribution in [0.5, 0.6) is 5.75 Å². The number of ether oxygens (including phenoxy) is 1. The second-order valence-corrected chi connectivity index (χ2v) is 3.68. The van der Waals surface area contributed by atoms with Gasteiger partial charge in [-0.25, -0.2) is 0 Å². The molecule has 0 aliphatic heterocycles. The third-order valence-corrected chi connectivity index (χ3v) is 2.38. The van der Waals surface area contributed by atoms with Crippen LogP contribution in [0.2, 0.25) is 0 Å². The largest absolute Gasteiger partial charge is 0.490 e. The molecule has 0 saturated heterocycles. The lowest BCUT2D eigenvalue weighted by Gasteiger charge is -2.09. The molecular weight excluding hydrogens is 212 g/mol. The molecule has 2 aromatic rings. The van der Waals surface area contributed by atoms with E-state index in [2.05, 4.69) is 5.32 Å². The van der Waals surface area contributed by atoms with Gasteiger partial charge in [0.2, 0.25) is 0 Å². The number of anilines is 2. The van der Waals surface area contributed by atoms with Crippen LogP contribution in [0, 0.1) is 0 Å². The Kier molecular flexibility index (Phi) is 3.86. The van der Waals surface area contributed by atoms with Crippen molar-refractivity contribution in [1.82, 2.24) is 0 Å². The van der Waals surface area contributed by atoms with Crippen molar-refractivity contribution in [3.63, 3.8) is 0 Å². The van der Waals surface area contributed by atoms with E-state index in [1.165, 1.54) is 0 Å². The quantitative estimate of drug-likeness (QED) is 0.611. The Labute approximate surface area is 101 Å². The number of nitrogens with two attached hydrogens (primary N) is 1. The first-order valence-corrected chi connectivity index (χ1v) is 5.62. The van der Waals surface area contributed by atoms with E-state index in [1.54, 1.807) is 0 Å². The SMILES string of the molecule is Nc1ccccc1OCCNc1ccccc1. The second kappa shape index (κ2) is 5.80. The summed E-state index contributed by atoms with van der Waals surface area (Å²) < 4.78 is 5.57. The summed E-state index contributed by atoms with van der Waals surface area (Å²) in [5.74, 6) is 0.738. The van der Waals surface area contributed by atoms with Crippen molar-refractivity contribution in [2.45, 2.75) is 0 Å². The summed E-state index contributed by atoms with van der Waals surface area (Å²) in [4.78, 5) is 0. The maximum absolute atomic E-state index is 5.77. The first kappa shape index (κ1) is 11.3. The van der Waals surface area contributed by atoms with Crippen LogP contribution in [0.3, 0.4) is 0 Å². The van der Waals surface area contributed by atoms with Crippen molar-refractivity contribution >= 4 is 11.4 Å². The van der Waals surface area contributed by atoms with E-state index < -0.39 is 0 Å². The highest BCUT2D eigenvalue weighted by Gasteiger charge is 1.97. The molecule has 0 heterocycles. The van der Waals surface area contributed by atoms with Gasteiger partial charge in [0.1, 0.15) is 12.4 Å². The zero-order valence-electron chi connectivity index (χ0n) is 9.60. The molecule has 0 radical (unpaired) electrons. The molecule has 2 aromatic carbocycles. The van der Waals surface area contributed by atoms with Crippen LogP contribution in [-0.4, -0.2) is 13.2 Å². The van der Waals surface area contributed by atoms with Crippen LogP contribution in [-0.2, 0) is 0 Å². The maximum Gasteiger partial charge on any atom is 0.142 e. The van der Waals surface area contributed by atoms with Crippen LogP contribution in [0.4, 0.5) is 11.4 Å². The first-order chi connectivity index (χ1) is 8.36. The van der Waals surface area contributed by atoms with Crippen molar-refractivity contribution in [1.29, 1.82) is 0 Å². The molecule has 0 unspecified atom stereocenters. The summed E-state index contributed by atoms with van der Waals surface area (Å²) in [5, 5.41) is 3.27. The molecular formula is C14H16N2O. The molecule has 0 spiro atoms. The molecule has 3 nitrogen and oxygen atoms in total. The van der Waals surface area contributed by atoms with Gasteiger partial charge in [-0.15, -0.1) is 0 Å². The number of para-hydroxylation sites is 3. The van der Waals surface area contributed by atoms with Crippen LogP contribution >= 0.6 is 0 Å². The summed E-state index contributed by atoms with van der Waals surface area (Å²) in [5.41, 5.74) is 7.54. The Hall–Kier alpha value is -2.16. The molecule has 0 aliphatic carbocycles. The van der Waals surface area contributed by atoms with Gasteiger partial charge in [0.15, 0.2) is 0 Å². The molecule has 0 saturated carbocycles. The Morgan fingerprint density at radius 3 is 2.41 bits per heavy atom. The van der Waals surface area contributed by atoms with Gasteiger partial charge in [-0.3, -0.25) is 0 Å². The zero-order chi connectivity index (χ0) is 11.9. The van der Waals surface area contributed by atoms with Gasteiger partial charge in [0, 0.05) is 12.2 Å². The van der Waals surface area contributed by atoms with E-state index >= 15 is 0 Å². The van der Waals surface area contributed by atoms with Crippen molar-refractivity contribution in [3.05, 3.63) is 54.6 Å². The fraction of sp³-hybridized carbons (Fsp3) is 0.143. The standard InChI is InChI=1S/C14H16N2O/c15-13-8-4-5-9-14(13)17-11-10-16-12-6-2-1-3-7-12/h1-9,16H,10-11,15H2. The molecule has 0 amide bonds. The van der Waals surface area contributed by atoms with Crippen molar-refractivity contribution in [3.8, 4) is 5.75 Å². The van der Waals surface area contributed by atoms with Crippen LogP contribution < -0.4 is 15.8 Å². The van der Waals surface area contributed by atoms with Gasteiger partial charge in [0.25, 0.3) is 0 Å². The van der Waals surface area contributed by atoms with Crippen molar-refractivity contribution < 1.29 is 4.74 Å². The third-order valence-electron chi connectivity index (χ3n) is 2.38. The molecule has 3 heteroatoms. The molecule has 3 N–H and O–H groups in total. The fourth-order valence-corrected chi connectivity index (χ4v) is 1.52. The second-order valence-electron chi connectivity index (χ2n) is 3.68. The summed E-state index contributed by atoms with van der Waals surface area (Å²) in [7, 11) is 0. The van der Waals surface area contributed by atoms with E-state index in [0.29, 0.717) is 12.3 Å². The summed E-state index contributed by atoms with van der Waals surface area (Å²) in [6.07, 6.45) is 0. The predicted molar refractivity (Wildman–Crippen MR) is 71.3 cm³/mol. The fourth-order valence-electron chi connectivity index (χ4n) is 1.52. The van der Waals surface area contributed by atoms with E-state index in [1.807, 2.05) is 54.6 Å². The highest BCUT2D eigenvalue weighted by molar-refractivity contribution is 5.51. The smallest absolute Gasteiger partial charge is 0.142 e. The highest BCUT2D eigenvalue weighted by Crippen LogP contribution is 2.19. The number of hydrogen-bond acceptors (Lipinski definition) is 3. The predicted octanol–water partition coefficient (Wildman–Crippen LogP) is 2.76. The van der Waals surface area contributed by atoms with E-state index in [0.717, 1.165) is 18.0 Å². The van der Waals surface area contributed by atoms with Crippen LogP contribution in [0.1, 0.15) is 0 Å². The molecule has 0 fully saturated rings. The first-order valence-electron chi connectivity index (χ1n) is 5.62. The minimum absolute atomic E-state index is 0.586. The molecule has 0 bridgehead atoms. The summed E-state index contributed by atoms with van der Waals surface area (Å²) in [6, 6.07) is 17.6. The molecule has 2 rings (SSSR count). The average molecular weight is 228 g/mol. The normalized spacial score (nSPS) is 9.88. The molecule has 0 aliphatic rings. The van der Waals surface area contributed by atoms with E-state index in [-0.39, 0.29) is 0 Å². The minimum atomic E-state index is 0.586. The van der Waals surface area contributed by atoms with Gasteiger partial charge < -0.3 is 15.8 Å². The Bertz CT molecular complexity index is 457. The van der Waals surface area contributed by atoms with E-state index in [9.17, 15) is 0 Å². The zero-order valence-corrected chi connectivity index (χ0v) is 9.60. The van der Waals surface area contributed by atoms with Crippen LogP contribution in [0.15, 0.2) is 54.6 Å². The monoisotopic (exact) mass is 228 g/mol. The number of nitrogen functional groups attached to an aromatic ring is 1. The van der Waals surface area contributed by atoms with Gasteiger partial charge in [-0.2, -0.15) is 0 Å². The lowest BCUT2D eigenvalue weighted by atomic mass is 10.3. The summed E-state index contributed by atoms with van der Waals surface area (Å²) >= 11 is 0. The van der Waals surface area contributed by atoms with E-state index in [4.69, 9.17) is 10.5 Å². The highest BCUT2D eigenvalue weighted by atomic mass is 16.5. The minimum Gasteiger partial charge on any atom is -0.490 e. The number of rotatable bonds is 5. The van der Waals surface area contributed by atoms with Crippen LogP contribution in [0.25, 0.3) is 0 Å². The van der Waals surface area contributed by atoms with Crippen molar-refractivity contribution in [2.75, 3.05) is 24.2 Å². The molecule has 17 heavy (non-hydrogen) atoms. The number of nitrogens with one attached hydrogen (secondary N) is 1. The molecule has 0 atom stereocenters. The number of benzene rings is 2. The molecule has 88 valence electrons. The molecule has 0 aromatic heterocycles. The topological polar surface area (TPSA) is 47.3 Å². The van der Waals surface area contributed by atoms with Crippen molar-refractivity contribution in [2.24, 2.45) is 0 Å². The third kappa shape index (κ3) is 3.41. The average Bonchev–Trinajstić information content (AvgIpc) is 2.38. The Morgan fingerprint density at radius 1 is 0.941 bits per heavy atom. The summed E-state index contributed by atoms with van der Waals surface area (Å²) in [6.45, 7) is 1.33. The van der Waals surface area contributed by atoms with Gasteiger partial charge in [-0.05, 0) is 24.3 Å².